The molecule has 5 aromatic rings. The Morgan fingerprint density at radius 3 is 2.27 bits per heavy atom. The molecule has 0 unspecified atom stereocenters. The van der Waals surface area contributed by atoms with Crippen LogP contribution in [-0.4, -0.2) is 29.6 Å². The molecule has 2 N–H and O–H groups in total. The quantitative estimate of drug-likeness (QED) is 0.324. The van der Waals surface area contributed by atoms with Gasteiger partial charge in [-0.2, -0.15) is 0 Å². The number of rotatable bonds is 6. The molecule has 2 heterocycles. The van der Waals surface area contributed by atoms with E-state index in [1.165, 1.54) is 11.3 Å². The van der Waals surface area contributed by atoms with Gasteiger partial charge in [0.05, 0.1) is 15.9 Å². The molecule has 0 spiro atoms. The van der Waals surface area contributed by atoms with Crippen LogP contribution in [-0.2, 0) is 0 Å². The molecule has 0 saturated carbocycles. The van der Waals surface area contributed by atoms with Gasteiger partial charge in [-0.25, -0.2) is 4.98 Å². The third-order valence-electron chi connectivity index (χ3n) is 5.37. The summed E-state index contributed by atoms with van der Waals surface area (Å²) < 4.78 is 2.04. The fraction of sp³-hybridized carbons (Fsp3) is 0.0769. The lowest BCUT2D eigenvalue weighted by molar-refractivity contribution is 0.103. The van der Waals surface area contributed by atoms with Crippen molar-refractivity contribution in [2.45, 2.75) is 0 Å². The number of aromatic nitrogens is 2. The summed E-state index contributed by atoms with van der Waals surface area (Å²) in [5.41, 5.74) is 6.76. The maximum absolute atomic E-state index is 12.3. The summed E-state index contributed by atoms with van der Waals surface area (Å²) in [6, 6.07) is 26.0. The minimum atomic E-state index is -0.108. The van der Waals surface area contributed by atoms with Crippen LogP contribution in [0.3, 0.4) is 0 Å². The van der Waals surface area contributed by atoms with Crippen molar-refractivity contribution in [3.63, 3.8) is 0 Å². The van der Waals surface area contributed by atoms with Crippen molar-refractivity contribution in [2.75, 3.05) is 29.6 Å². The number of anilines is 4. The SMILES string of the molecule is CN(C)c1ccc(Nc2ccc(-n3cnc4cc(NC(=O)c5cccs5)ccc43)cc2)cc1. The van der Waals surface area contributed by atoms with E-state index in [4.69, 9.17) is 0 Å². The molecule has 0 atom stereocenters. The average molecular weight is 454 g/mol. The van der Waals surface area contributed by atoms with Gasteiger partial charge in [0.1, 0.15) is 6.33 Å². The van der Waals surface area contributed by atoms with E-state index in [1.54, 1.807) is 6.33 Å². The molecule has 33 heavy (non-hydrogen) atoms. The van der Waals surface area contributed by atoms with Crippen molar-refractivity contribution in [3.05, 3.63) is 95.4 Å². The van der Waals surface area contributed by atoms with Crippen molar-refractivity contribution in [3.8, 4) is 5.69 Å². The highest BCUT2D eigenvalue weighted by Crippen LogP contribution is 2.25. The molecular weight excluding hydrogens is 430 g/mol. The average Bonchev–Trinajstić information content (AvgIpc) is 3.50. The first-order chi connectivity index (χ1) is 16.1. The molecule has 164 valence electrons. The van der Waals surface area contributed by atoms with E-state index in [0.717, 1.165) is 39.5 Å². The van der Waals surface area contributed by atoms with Gasteiger partial charge in [0.15, 0.2) is 0 Å². The smallest absolute Gasteiger partial charge is 0.265 e. The van der Waals surface area contributed by atoms with Gasteiger partial charge < -0.3 is 15.5 Å². The normalized spacial score (nSPS) is 10.8. The van der Waals surface area contributed by atoms with E-state index in [1.807, 2.05) is 54.4 Å². The number of nitrogens with zero attached hydrogens (tertiary/aromatic N) is 3. The molecule has 0 fully saturated rings. The number of amides is 1. The zero-order valence-electron chi connectivity index (χ0n) is 18.3. The van der Waals surface area contributed by atoms with Crippen molar-refractivity contribution >= 4 is 51.0 Å². The van der Waals surface area contributed by atoms with Gasteiger partial charge in [0.2, 0.25) is 0 Å². The van der Waals surface area contributed by atoms with Gasteiger partial charge in [0.25, 0.3) is 5.91 Å². The van der Waals surface area contributed by atoms with E-state index in [-0.39, 0.29) is 5.91 Å². The van der Waals surface area contributed by atoms with Crippen LogP contribution in [0.15, 0.2) is 90.6 Å². The second-order valence-corrected chi connectivity index (χ2v) is 8.81. The lowest BCUT2D eigenvalue weighted by Crippen LogP contribution is -2.09. The Morgan fingerprint density at radius 1 is 0.909 bits per heavy atom. The number of nitrogens with one attached hydrogen (secondary N) is 2. The first-order valence-electron chi connectivity index (χ1n) is 10.5. The van der Waals surface area contributed by atoms with E-state index >= 15 is 0 Å². The number of imidazole rings is 1. The van der Waals surface area contributed by atoms with Crippen molar-refractivity contribution in [2.24, 2.45) is 0 Å². The zero-order chi connectivity index (χ0) is 22.8. The van der Waals surface area contributed by atoms with E-state index in [9.17, 15) is 4.79 Å². The van der Waals surface area contributed by atoms with Gasteiger partial charge >= 0.3 is 0 Å². The molecule has 6 nitrogen and oxygen atoms in total. The Bertz CT molecular complexity index is 1390. The Morgan fingerprint density at radius 2 is 1.61 bits per heavy atom. The van der Waals surface area contributed by atoms with Crippen LogP contribution in [0.1, 0.15) is 9.67 Å². The van der Waals surface area contributed by atoms with E-state index < -0.39 is 0 Å². The summed E-state index contributed by atoms with van der Waals surface area (Å²) in [7, 11) is 4.06. The summed E-state index contributed by atoms with van der Waals surface area (Å²) in [5.74, 6) is -0.108. The molecule has 0 aliphatic heterocycles. The second kappa shape index (κ2) is 8.80. The minimum absolute atomic E-state index is 0.108. The Balaban J connectivity index is 1.32. The second-order valence-electron chi connectivity index (χ2n) is 7.86. The number of hydrogen-bond acceptors (Lipinski definition) is 5. The monoisotopic (exact) mass is 453 g/mol. The Kier molecular flexibility index (Phi) is 5.54. The number of benzene rings is 3. The molecule has 1 amide bonds. The molecule has 3 aromatic carbocycles. The number of hydrogen-bond donors (Lipinski definition) is 2. The summed E-state index contributed by atoms with van der Waals surface area (Å²) >= 11 is 1.42. The molecule has 2 aromatic heterocycles. The molecule has 0 aliphatic carbocycles. The molecule has 0 aliphatic rings. The van der Waals surface area contributed by atoms with Gasteiger partial charge in [-0.3, -0.25) is 9.36 Å². The fourth-order valence-electron chi connectivity index (χ4n) is 3.61. The number of thiophene rings is 1. The molecule has 0 saturated heterocycles. The highest BCUT2D eigenvalue weighted by molar-refractivity contribution is 7.12. The maximum atomic E-state index is 12.3. The van der Waals surface area contributed by atoms with Gasteiger partial charge in [-0.15, -0.1) is 11.3 Å². The lowest BCUT2D eigenvalue weighted by atomic mass is 10.2. The topological polar surface area (TPSA) is 62.2 Å². The first kappa shape index (κ1) is 20.8. The summed E-state index contributed by atoms with van der Waals surface area (Å²) in [6.45, 7) is 0. The van der Waals surface area contributed by atoms with E-state index in [0.29, 0.717) is 4.88 Å². The molecular formula is C26H23N5OS. The summed E-state index contributed by atoms with van der Waals surface area (Å²) in [4.78, 5) is 19.6. The summed E-state index contributed by atoms with van der Waals surface area (Å²) in [5, 5.41) is 8.26. The molecule has 5 rings (SSSR count). The van der Waals surface area contributed by atoms with Crippen LogP contribution < -0.4 is 15.5 Å². The molecule has 0 radical (unpaired) electrons. The highest BCUT2D eigenvalue weighted by atomic mass is 32.1. The van der Waals surface area contributed by atoms with Gasteiger partial charge in [-0.1, -0.05) is 6.07 Å². The van der Waals surface area contributed by atoms with E-state index in [2.05, 4.69) is 69.0 Å². The Hall–Kier alpha value is -4.10. The van der Waals surface area contributed by atoms with Crippen molar-refractivity contribution in [1.29, 1.82) is 0 Å². The summed E-state index contributed by atoms with van der Waals surface area (Å²) in [6.07, 6.45) is 1.80. The predicted octanol–water partition coefficient (Wildman–Crippen LogP) is 6.15. The third kappa shape index (κ3) is 4.44. The van der Waals surface area contributed by atoms with Crippen LogP contribution in [0.25, 0.3) is 16.7 Å². The van der Waals surface area contributed by atoms with Crippen LogP contribution in [0.2, 0.25) is 0 Å². The highest BCUT2D eigenvalue weighted by Gasteiger charge is 2.10. The zero-order valence-corrected chi connectivity index (χ0v) is 19.1. The largest absolute Gasteiger partial charge is 0.378 e. The number of carbonyl (C=O) groups excluding carboxylic acids is 1. The maximum Gasteiger partial charge on any atom is 0.265 e. The van der Waals surface area contributed by atoms with Gasteiger partial charge in [0, 0.05) is 42.5 Å². The number of fused-ring (bicyclic) bond motifs is 1. The van der Waals surface area contributed by atoms with Crippen molar-refractivity contribution in [1.82, 2.24) is 9.55 Å². The first-order valence-corrected chi connectivity index (χ1v) is 11.4. The third-order valence-corrected chi connectivity index (χ3v) is 6.24. The Labute approximate surface area is 196 Å². The fourth-order valence-corrected chi connectivity index (χ4v) is 4.23. The van der Waals surface area contributed by atoms with Crippen LogP contribution in [0.4, 0.5) is 22.7 Å². The standard InChI is InChI=1S/C26H23N5OS/c1-30(2)21-10-5-18(6-11-21)28-19-7-12-22(13-8-19)31-17-27-23-16-20(9-14-24(23)31)29-26(32)25-4-3-15-33-25/h3-17,28H,1-2H3,(H,29,32). The lowest BCUT2D eigenvalue weighted by Gasteiger charge is -2.13. The van der Waals surface area contributed by atoms with Gasteiger partial charge in [-0.05, 0) is 78.2 Å². The van der Waals surface area contributed by atoms with Crippen LogP contribution in [0.5, 0.6) is 0 Å². The molecule has 0 bridgehead atoms. The van der Waals surface area contributed by atoms with Crippen LogP contribution >= 0.6 is 11.3 Å². The molecule has 7 heteroatoms. The predicted molar refractivity (Wildman–Crippen MR) is 137 cm³/mol. The number of carbonyl (C=O) groups is 1. The van der Waals surface area contributed by atoms with Crippen LogP contribution in [0, 0.1) is 0 Å². The minimum Gasteiger partial charge on any atom is -0.378 e. The van der Waals surface area contributed by atoms with Crippen molar-refractivity contribution < 1.29 is 4.79 Å².